The molecule has 10 nitrogen and oxygen atoms in total. The van der Waals surface area contributed by atoms with Gasteiger partial charge in [-0.15, -0.1) is 0 Å². The highest BCUT2D eigenvalue weighted by atomic mass is 16.3. The quantitative estimate of drug-likeness (QED) is 0.326. The molecule has 1 saturated heterocycles. The summed E-state index contributed by atoms with van der Waals surface area (Å²) >= 11 is 0. The molecule has 212 valence electrons. The van der Waals surface area contributed by atoms with Crippen molar-refractivity contribution in [3.05, 3.63) is 129 Å². The van der Waals surface area contributed by atoms with Gasteiger partial charge >= 0.3 is 5.69 Å². The maximum absolute atomic E-state index is 13.9. The maximum atomic E-state index is 13.9. The predicted molar refractivity (Wildman–Crippen MR) is 159 cm³/mol. The molecule has 42 heavy (non-hydrogen) atoms. The molecular formula is C32H29N5O5. The molecule has 5 aromatic rings. The van der Waals surface area contributed by atoms with E-state index in [1.165, 1.54) is 29.0 Å². The third-order valence-corrected chi connectivity index (χ3v) is 7.47. The molecule has 3 heterocycles. The third kappa shape index (κ3) is 5.34. The van der Waals surface area contributed by atoms with E-state index < -0.39 is 17.2 Å². The van der Waals surface area contributed by atoms with Crippen LogP contribution in [0.4, 0.5) is 5.69 Å². The number of furan rings is 1. The van der Waals surface area contributed by atoms with Crippen molar-refractivity contribution in [3.63, 3.8) is 0 Å². The Hall–Kier alpha value is -5.38. The van der Waals surface area contributed by atoms with Crippen molar-refractivity contribution in [3.8, 4) is 5.69 Å². The van der Waals surface area contributed by atoms with Crippen LogP contribution in [0, 0.1) is 0 Å². The summed E-state index contributed by atoms with van der Waals surface area (Å²) < 4.78 is 7.64. The Bertz CT molecular complexity index is 1840. The molecule has 2 aromatic heterocycles. The first-order valence-corrected chi connectivity index (χ1v) is 13.7. The second kappa shape index (κ2) is 11.6. The minimum Gasteiger partial charge on any atom is -0.467 e. The van der Waals surface area contributed by atoms with Gasteiger partial charge in [-0.3, -0.25) is 19.0 Å². The first kappa shape index (κ1) is 26.8. The molecule has 3 aromatic carbocycles. The predicted octanol–water partition coefficient (Wildman–Crippen LogP) is 3.02. The lowest BCUT2D eigenvalue weighted by atomic mass is 10.1. The summed E-state index contributed by atoms with van der Waals surface area (Å²) in [6.07, 6.45) is 1.52. The summed E-state index contributed by atoms with van der Waals surface area (Å²) in [6.45, 7) is 2.23. The van der Waals surface area contributed by atoms with Gasteiger partial charge in [0, 0.05) is 37.4 Å². The van der Waals surface area contributed by atoms with Crippen LogP contribution >= 0.6 is 0 Å². The number of fused-ring (bicyclic) bond motifs is 1. The number of aromatic nitrogens is 2. The number of nitrogens with one attached hydrogen (secondary N) is 1. The zero-order valence-electron chi connectivity index (χ0n) is 22.8. The van der Waals surface area contributed by atoms with Crippen LogP contribution in [-0.2, 0) is 17.9 Å². The van der Waals surface area contributed by atoms with Crippen LogP contribution in [0.5, 0.6) is 0 Å². The fourth-order valence-electron chi connectivity index (χ4n) is 5.24. The first-order chi connectivity index (χ1) is 20.5. The van der Waals surface area contributed by atoms with Crippen molar-refractivity contribution in [2.45, 2.75) is 13.1 Å². The number of nitrogens with zero attached hydrogens (tertiary/aromatic N) is 4. The monoisotopic (exact) mass is 563 g/mol. The summed E-state index contributed by atoms with van der Waals surface area (Å²) in [4.78, 5) is 57.9. The van der Waals surface area contributed by atoms with Crippen LogP contribution < -0.4 is 21.5 Å². The topological polar surface area (TPSA) is 110 Å². The molecule has 0 spiro atoms. The summed E-state index contributed by atoms with van der Waals surface area (Å²) in [7, 11) is 0. The highest BCUT2D eigenvalue weighted by molar-refractivity contribution is 5.98. The molecule has 1 aliphatic heterocycles. The minimum atomic E-state index is -0.650. The van der Waals surface area contributed by atoms with E-state index in [2.05, 4.69) is 10.2 Å². The lowest BCUT2D eigenvalue weighted by molar-refractivity contribution is -0.132. The SMILES string of the molecule is O=C(NCc1ccco1)c1ccc2c(=O)n(-c3ccccc3)c(=O)n(CC(=O)N3CCN(c4ccccc4)CC3)c2c1. The van der Waals surface area contributed by atoms with Crippen molar-refractivity contribution >= 4 is 28.4 Å². The summed E-state index contributed by atoms with van der Waals surface area (Å²) in [6, 6.07) is 26.6. The molecule has 0 atom stereocenters. The van der Waals surface area contributed by atoms with E-state index in [9.17, 15) is 19.2 Å². The number of hydrogen-bond acceptors (Lipinski definition) is 6. The van der Waals surface area contributed by atoms with E-state index in [0.717, 1.165) is 10.3 Å². The first-order valence-electron chi connectivity index (χ1n) is 13.7. The number of carbonyl (C=O) groups excluding carboxylic acids is 2. The average Bonchev–Trinajstić information content (AvgIpc) is 3.56. The Balaban J connectivity index is 1.33. The van der Waals surface area contributed by atoms with Crippen LogP contribution in [0.15, 0.2) is 111 Å². The largest absolute Gasteiger partial charge is 0.467 e. The number of anilines is 1. The molecule has 1 fully saturated rings. The second-order valence-corrected chi connectivity index (χ2v) is 10.0. The smallest absolute Gasteiger partial charge is 0.336 e. The number of piperazine rings is 1. The molecule has 0 aliphatic carbocycles. The van der Waals surface area contributed by atoms with Crippen molar-refractivity contribution in [2.24, 2.45) is 0 Å². The Labute approximate surface area is 241 Å². The Morgan fingerprint density at radius 1 is 0.786 bits per heavy atom. The average molecular weight is 564 g/mol. The van der Waals surface area contributed by atoms with Crippen LogP contribution in [-0.4, -0.2) is 52.0 Å². The molecule has 0 bridgehead atoms. The molecule has 0 saturated carbocycles. The molecule has 10 heteroatoms. The molecule has 0 unspecified atom stereocenters. The summed E-state index contributed by atoms with van der Waals surface area (Å²) in [5.74, 6) is -0.0512. The lowest BCUT2D eigenvalue weighted by Crippen LogP contribution is -2.50. The van der Waals surface area contributed by atoms with Crippen LogP contribution in [0.3, 0.4) is 0 Å². The molecule has 1 aliphatic rings. The standard InChI is InChI=1S/C32H29N5O5/c38-29(35-17-15-34(16-18-35)24-8-3-1-4-9-24)22-36-28-20-23(30(39)33-21-26-12-7-19-42-26)13-14-27(28)31(40)37(32(36)41)25-10-5-2-6-11-25/h1-14,19-20H,15-18,21-22H2,(H,33,39). The molecule has 6 rings (SSSR count). The van der Waals surface area contributed by atoms with Gasteiger partial charge in [-0.25, -0.2) is 9.36 Å². The fraction of sp³-hybridized carbons (Fsp3) is 0.188. The molecule has 2 amide bonds. The van der Waals surface area contributed by atoms with E-state index in [0.29, 0.717) is 37.6 Å². The van der Waals surface area contributed by atoms with Gasteiger partial charge in [0.2, 0.25) is 5.91 Å². The fourth-order valence-corrected chi connectivity index (χ4v) is 5.24. The molecule has 1 N–H and O–H groups in total. The van der Waals surface area contributed by atoms with Gasteiger partial charge in [0.05, 0.1) is 29.4 Å². The Morgan fingerprint density at radius 2 is 1.48 bits per heavy atom. The number of para-hydroxylation sites is 2. The van der Waals surface area contributed by atoms with Crippen molar-refractivity contribution in [1.29, 1.82) is 0 Å². The van der Waals surface area contributed by atoms with Gasteiger partial charge in [-0.05, 0) is 54.6 Å². The number of amides is 2. The zero-order valence-corrected chi connectivity index (χ0v) is 22.8. The van der Waals surface area contributed by atoms with Gasteiger partial charge < -0.3 is 19.5 Å². The normalized spacial score (nSPS) is 13.3. The highest BCUT2D eigenvalue weighted by Crippen LogP contribution is 2.17. The molecule has 0 radical (unpaired) electrons. The van der Waals surface area contributed by atoms with Crippen molar-refractivity contribution < 1.29 is 14.0 Å². The summed E-state index contributed by atoms with van der Waals surface area (Å²) in [5, 5.41) is 3.00. The summed E-state index contributed by atoms with van der Waals surface area (Å²) in [5.41, 5.74) is 0.793. The van der Waals surface area contributed by atoms with E-state index in [-0.39, 0.29) is 35.5 Å². The molecular weight excluding hydrogens is 534 g/mol. The third-order valence-electron chi connectivity index (χ3n) is 7.47. The van der Waals surface area contributed by atoms with Gasteiger partial charge in [-0.1, -0.05) is 36.4 Å². The van der Waals surface area contributed by atoms with E-state index >= 15 is 0 Å². The second-order valence-electron chi connectivity index (χ2n) is 10.0. The van der Waals surface area contributed by atoms with Gasteiger partial charge in [0.1, 0.15) is 12.3 Å². The highest BCUT2D eigenvalue weighted by Gasteiger charge is 2.24. The minimum absolute atomic E-state index is 0.180. The van der Waals surface area contributed by atoms with E-state index in [4.69, 9.17) is 4.42 Å². The number of rotatable bonds is 7. The maximum Gasteiger partial charge on any atom is 0.336 e. The Kier molecular flexibility index (Phi) is 7.42. The number of benzene rings is 3. The number of hydrogen-bond donors (Lipinski definition) is 1. The van der Waals surface area contributed by atoms with Crippen LogP contribution in [0.1, 0.15) is 16.1 Å². The van der Waals surface area contributed by atoms with Gasteiger partial charge in [-0.2, -0.15) is 0 Å². The Morgan fingerprint density at radius 3 is 2.14 bits per heavy atom. The van der Waals surface area contributed by atoms with Gasteiger partial charge in [0.15, 0.2) is 0 Å². The van der Waals surface area contributed by atoms with Crippen LogP contribution in [0.2, 0.25) is 0 Å². The van der Waals surface area contributed by atoms with E-state index in [1.54, 1.807) is 47.4 Å². The van der Waals surface area contributed by atoms with Crippen molar-refractivity contribution in [2.75, 3.05) is 31.1 Å². The van der Waals surface area contributed by atoms with Crippen LogP contribution in [0.25, 0.3) is 16.6 Å². The number of carbonyl (C=O) groups is 2. The van der Waals surface area contributed by atoms with Crippen molar-refractivity contribution in [1.82, 2.24) is 19.4 Å². The lowest BCUT2D eigenvalue weighted by Gasteiger charge is -2.36. The van der Waals surface area contributed by atoms with E-state index in [1.807, 2.05) is 30.3 Å². The zero-order chi connectivity index (χ0) is 29.1. The van der Waals surface area contributed by atoms with Gasteiger partial charge in [0.25, 0.3) is 11.5 Å².